The van der Waals surface area contributed by atoms with Crippen LogP contribution in [-0.4, -0.2) is 30.3 Å². The Bertz CT molecular complexity index is 917. The third-order valence-electron chi connectivity index (χ3n) is 4.62. The van der Waals surface area contributed by atoms with Crippen LogP contribution in [0, 0.1) is 0 Å². The molecule has 4 rings (SSSR count). The first-order valence-electron chi connectivity index (χ1n) is 8.76. The van der Waals surface area contributed by atoms with Gasteiger partial charge in [-0.2, -0.15) is 5.10 Å². The molecule has 0 fully saturated rings. The highest BCUT2D eigenvalue weighted by atomic mass is 32.1. The molecule has 1 aliphatic carbocycles. The first kappa shape index (κ1) is 16.8. The van der Waals surface area contributed by atoms with E-state index < -0.39 is 0 Å². The number of aromatic nitrogens is 5. The largest absolute Gasteiger partial charge is 0.344 e. The summed E-state index contributed by atoms with van der Waals surface area (Å²) in [5, 5.41) is 11.8. The molecule has 0 saturated heterocycles. The number of fused-ring (bicyclic) bond motifs is 1. The van der Waals surface area contributed by atoms with Gasteiger partial charge in [0.25, 0.3) is 5.91 Å². The van der Waals surface area contributed by atoms with Gasteiger partial charge in [-0.1, -0.05) is 24.4 Å². The average molecular weight is 368 g/mol. The van der Waals surface area contributed by atoms with Crippen LogP contribution in [0.1, 0.15) is 65.3 Å². The predicted octanol–water partition coefficient (Wildman–Crippen LogP) is 3.05. The number of carbonyl (C=O) groups excluding carboxylic acids is 1. The minimum Gasteiger partial charge on any atom is -0.344 e. The molecule has 3 aromatic heterocycles. The molecule has 0 unspecified atom stereocenters. The summed E-state index contributed by atoms with van der Waals surface area (Å²) in [7, 11) is 0. The molecule has 7 nitrogen and oxygen atoms in total. The Hall–Kier alpha value is -2.61. The summed E-state index contributed by atoms with van der Waals surface area (Å²) in [4.78, 5) is 17.8. The summed E-state index contributed by atoms with van der Waals surface area (Å²) in [6.07, 6.45) is 6.43. The Labute approximate surface area is 155 Å². The third-order valence-corrected chi connectivity index (χ3v) is 5.36. The summed E-state index contributed by atoms with van der Waals surface area (Å²) in [6, 6.07) is 5.72. The van der Waals surface area contributed by atoms with Crippen LogP contribution < -0.4 is 5.32 Å². The average Bonchev–Trinajstić information content (AvgIpc) is 3.30. The van der Waals surface area contributed by atoms with Gasteiger partial charge < -0.3 is 5.32 Å². The third kappa shape index (κ3) is 3.01. The van der Waals surface area contributed by atoms with Gasteiger partial charge in [-0.15, -0.1) is 5.10 Å². The molecule has 0 spiro atoms. The molecule has 26 heavy (non-hydrogen) atoms. The summed E-state index contributed by atoms with van der Waals surface area (Å²) in [6.45, 7) is 4.03. The zero-order valence-corrected chi connectivity index (χ0v) is 15.5. The monoisotopic (exact) mass is 368 g/mol. The fourth-order valence-electron chi connectivity index (χ4n) is 3.34. The van der Waals surface area contributed by atoms with Crippen LogP contribution in [0.4, 0.5) is 0 Å². The van der Waals surface area contributed by atoms with E-state index in [4.69, 9.17) is 0 Å². The van der Waals surface area contributed by atoms with E-state index >= 15 is 0 Å². The topological polar surface area (TPSA) is 85.6 Å². The molecule has 0 radical (unpaired) electrons. The number of amides is 1. The Morgan fingerprint density at radius 3 is 3.04 bits per heavy atom. The second-order valence-electron chi connectivity index (χ2n) is 6.71. The SMILES string of the molecule is CC(C)c1nnsc1C(=O)N[C@H]1CCCc2c1cnn2-c1ccccn1. The van der Waals surface area contributed by atoms with Gasteiger partial charge in [0, 0.05) is 11.8 Å². The Balaban J connectivity index is 1.60. The van der Waals surface area contributed by atoms with Gasteiger partial charge in [-0.25, -0.2) is 9.67 Å². The predicted molar refractivity (Wildman–Crippen MR) is 98.5 cm³/mol. The number of carbonyl (C=O) groups is 1. The number of nitrogens with zero attached hydrogens (tertiary/aromatic N) is 5. The van der Waals surface area contributed by atoms with Crippen LogP contribution in [0.5, 0.6) is 0 Å². The fourth-order valence-corrected chi connectivity index (χ4v) is 4.06. The van der Waals surface area contributed by atoms with E-state index in [0.717, 1.165) is 53.6 Å². The highest BCUT2D eigenvalue weighted by Crippen LogP contribution is 2.31. The van der Waals surface area contributed by atoms with Crippen molar-refractivity contribution in [3.8, 4) is 5.82 Å². The van der Waals surface area contributed by atoms with Gasteiger partial charge in [-0.05, 0) is 48.8 Å². The number of pyridine rings is 1. The van der Waals surface area contributed by atoms with Crippen molar-refractivity contribution in [3.63, 3.8) is 0 Å². The molecule has 1 amide bonds. The van der Waals surface area contributed by atoms with Crippen LogP contribution in [0.15, 0.2) is 30.6 Å². The molecule has 1 aliphatic rings. The molecular formula is C18H20N6OS. The smallest absolute Gasteiger partial charge is 0.265 e. The maximum absolute atomic E-state index is 12.8. The Morgan fingerprint density at radius 2 is 2.27 bits per heavy atom. The molecule has 0 aliphatic heterocycles. The lowest BCUT2D eigenvalue weighted by atomic mass is 9.93. The molecule has 3 heterocycles. The van der Waals surface area contributed by atoms with Crippen molar-refractivity contribution in [1.29, 1.82) is 0 Å². The maximum Gasteiger partial charge on any atom is 0.265 e. The van der Waals surface area contributed by atoms with Crippen LogP contribution >= 0.6 is 11.5 Å². The van der Waals surface area contributed by atoms with E-state index in [1.807, 2.05) is 42.9 Å². The molecule has 8 heteroatoms. The molecule has 1 atom stereocenters. The molecule has 1 N–H and O–H groups in total. The van der Waals surface area contributed by atoms with Crippen molar-refractivity contribution in [1.82, 2.24) is 29.7 Å². The van der Waals surface area contributed by atoms with Crippen LogP contribution in [0.2, 0.25) is 0 Å². The molecule has 3 aromatic rings. The first-order chi connectivity index (χ1) is 12.6. The van der Waals surface area contributed by atoms with Crippen molar-refractivity contribution in [2.24, 2.45) is 0 Å². The van der Waals surface area contributed by atoms with Crippen molar-refractivity contribution in [2.75, 3.05) is 0 Å². The van der Waals surface area contributed by atoms with E-state index in [1.165, 1.54) is 0 Å². The summed E-state index contributed by atoms with van der Waals surface area (Å²) in [5.74, 6) is 0.866. The second kappa shape index (κ2) is 6.95. The number of nitrogens with one attached hydrogen (secondary N) is 1. The standard InChI is InChI=1S/C18H20N6OS/c1-11(2)16-17(26-23-22-16)18(25)21-13-6-5-7-14-12(13)10-20-24(14)15-8-3-4-9-19-15/h3-4,8-11,13H,5-7H2,1-2H3,(H,21,25)/t13-/m0/s1. The van der Waals surface area contributed by atoms with Gasteiger partial charge in [0.2, 0.25) is 0 Å². The van der Waals surface area contributed by atoms with Crippen molar-refractivity contribution in [2.45, 2.75) is 45.1 Å². The van der Waals surface area contributed by atoms with Crippen LogP contribution in [0.25, 0.3) is 5.82 Å². The molecule has 0 aromatic carbocycles. The summed E-state index contributed by atoms with van der Waals surface area (Å²) in [5.41, 5.74) is 2.94. The Morgan fingerprint density at radius 1 is 1.38 bits per heavy atom. The summed E-state index contributed by atoms with van der Waals surface area (Å²) < 4.78 is 5.83. The Kier molecular flexibility index (Phi) is 4.50. The molecule has 134 valence electrons. The van der Waals surface area contributed by atoms with E-state index in [0.29, 0.717) is 4.88 Å². The zero-order valence-electron chi connectivity index (χ0n) is 14.7. The van der Waals surface area contributed by atoms with Crippen molar-refractivity contribution in [3.05, 3.63) is 52.4 Å². The van der Waals surface area contributed by atoms with Gasteiger partial charge in [-0.3, -0.25) is 4.79 Å². The van der Waals surface area contributed by atoms with Gasteiger partial charge in [0.15, 0.2) is 5.82 Å². The highest BCUT2D eigenvalue weighted by molar-refractivity contribution is 7.08. The minimum atomic E-state index is -0.105. The normalized spacial score (nSPS) is 16.5. The highest BCUT2D eigenvalue weighted by Gasteiger charge is 2.28. The van der Waals surface area contributed by atoms with E-state index in [1.54, 1.807) is 6.20 Å². The van der Waals surface area contributed by atoms with Gasteiger partial charge in [0.05, 0.1) is 23.6 Å². The molecular weight excluding hydrogens is 348 g/mol. The molecule has 0 saturated carbocycles. The van der Waals surface area contributed by atoms with E-state index in [-0.39, 0.29) is 17.9 Å². The second-order valence-corrected chi connectivity index (χ2v) is 7.46. The maximum atomic E-state index is 12.8. The van der Waals surface area contributed by atoms with Crippen LogP contribution in [0.3, 0.4) is 0 Å². The lowest BCUT2D eigenvalue weighted by Crippen LogP contribution is -2.31. The van der Waals surface area contributed by atoms with Gasteiger partial charge >= 0.3 is 0 Å². The number of hydrogen-bond acceptors (Lipinski definition) is 6. The van der Waals surface area contributed by atoms with E-state index in [9.17, 15) is 4.79 Å². The lowest BCUT2D eigenvalue weighted by Gasteiger charge is -2.24. The lowest BCUT2D eigenvalue weighted by molar-refractivity contribution is 0.0935. The number of rotatable bonds is 4. The summed E-state index contributed by atoms with van der Waals surface area (Å²) >= 11 is 1.15. The fraction of sp³-hybridized carbons (Fsp3) is 0.389. The zero-order chi connectivity index (χ0) is 18.1. The van der Waals surface area contributed by atoms with Gasteiger partial charge in [0.1, 0.15) is 4.88 Å². The number of hydrogen-bond donors (Lipinski definition) is 1. The minimum absolute atomic E-state index is 0.0502. The quantitative estimate of drug-likeness (QED) is 0.765. The van der Waals surface area contributed by atoms with Crippen LogP contribution in [-0.2, 0) is 6.42 Å². The molecule has 0 bridgehead atoms. The van der Waals surface area contributed by atoms with E-state index in [2.05, 4.69) is 25.0 Å². The van der Waals surface area contributed by atoms with Crippen molar-refractivity contribution < 1.29 is 4.79 Å². The first-order valence-corrected chi connectivity index (χ1v) is 9.53. The van der Waals surface area contributed by atoms with Crippen molar-refractivity contribution >= 4 is 17.4 Å².